The highest BCUT2D eigenvalue weighted by Crippen LogP contribution is 2.25. The molecule has 0 amide bonds. The lowest BCUT2D eigenvalue weighted by atomic mass is 9.92. The molecule has 1 unspecified atom stereocenters. The van der Waals surface area contributed by atoms with Crippen molar-refractivity contribution in [2.75, 3.05) is 13.1 Å². The zero-order valence-corrected chi connectivity index (χ0v) is 16.4. The Labute approximate surface area is 160 Å². The first-order valence-electron chi connectivity index (χ1n) is 10.1. The van der Waals surface area contributed by atoms with Crippen LogP contribution < -0.4 is 5.32 Å². The number of piperidine rings is 1. The number of aliphatic hydroxyl groups is 1. The van der Waals surface area contributed by atoms with Gasteiger partial charge in [0.05, 0.1) is 6.10 Å². The van der Waals surface area contributed by atoms with Gasteiger partial charge in [0.15, 0.2) is 5.82 Å². The molecule has 1 aliphatic carbocycles. The van der Waals surface area contributed by atoms with Crippen LogP contribution in [-0.2, 0) is 0 Å². The predicted octanol–water partition coefficient (Wildman–Crippen LogP) is 2.23. The Bertz CT molecular complexity index is 654. The number of nitrogens with one attached hydrogen (secondary N) is 3. The average Bonchev–Trinajstić information content (AvgIpc) is 3.07. The first-order valence-corrected chi connectivity index (χ1v) is 10.1. The molecule has 27 heavy (non-hydrogen) atoms. The molecule has 0 radical (unpaired) electrons. The van der Waals surface area contributed by atoms with Crippen molar-refractivity contribution < 1.29 is 9.63 Å². The summed E-state index contributed by atoms with van der Waals surface area (Å²) >= 11 is 0. The molecule has 8 nitrogen and oxygen atoms in total. The Morgan fingerprint density at radius 3 is 2.63 bits per heavy atom. The molecule has 0 aromatic carbocycles. The number of β-amino-alcohol motifs (C(OH)–C–C–N with tert-alkyl or cyclic N) is 1. The van der Waals surface area contributed by atoms with Crippen molar-refractivity contribution in [1.29, 1.82) is 10.8 Å². The average molecular weight is 377 g/mol. The van der Waals surface area contributed by atoms with Crippen LogP contribution in [-0.4, -0.2) is 63.0 Å². The number of nitrogens with zero attached hydrogens (tertiary/aromatic N) is 3. The van der Waals surface area contributed by atoms with Crippen LogP contribution in [0.15, 0.2) is 4.52 Å². The first kappa shape index (κ1) is 19.9. The van der Waals surface area contributed by atoms with E-state index >= 15 is 0 Å². The smallest absolute Gasteiger partial charge is 0.237 e. The zero-order valence-electron chi connectivity index (χ0n) is 16.4. The highest BCUT2D eigenvalue weighted by atomic mass is 16.5. The third kappa shape index (κ3) is 5.13. The van der Waals surface area contributed by atoms with E-state index in [-0.39, 0.29) is 6.04 Å². The van der Waals surface area contributed by atoms with Crippen LogP contribution in [0.1, 0.15) is 69.5 Å². The summed E-state index contributed by atoms with van der Waals surface area (Å²) in [5, 5.41) is 34.6. The number of likely N-dealkylation sites (tertiary alicyclic amines) is 1. The quantitative estimate of drug-likeness (QED) is 0.446. The molecule has 2 aliphatic rings. The third-order valence-corrected chi connectivity index (χ3v) is 5.66. The monoisotopic (exact) mass is 376 g/mol. The van der Waals surface area contributed by atoms with Crippen molar-refractivity contribution in [2.45, 2.75) is 82.9 Å². The van der Waals surface area contributed by atoms with Crippen LogP contribution in [0, 0.1) is 17.7 Å². The Morgan fingerprint density at radius 1 is 1.30 bits per heavy atom. The number of hydrogen-bond acceptors (Lipinski definition) is 7. The molecular weight excluding hydrogens is 344 g/mol. The topological polar surface area (TPSA) is 122 Å². The Balaban J connectivity index is 1.61. The van der Waals surface area contributed by atoms with Gasteiger partial charge in [-0.3, -0.25) is 5.41 Å². The highest BCUT2D eigenvalue weighted by molar-refractivity contribution is 5.91. The summed E-state index contributed by atoms with van der Waals surface area (Å²) in [6, 6.07) is 0.602. The van der Waals surface area contributed by atoms with Gasteiger partial charge in [0.1, 0.15) is 11.8 Å². The van der Waals surface area contributed by atoms with E-state index in [1.54, 1.807) is 13.8 Å². The fraction of sp³-hybridized carbons (Fsp3) is 0.789. The van der Waals surface area contributed by atoms with Crippen molar-refractivity contribution in [3.8, 4) is 0 Å². The molecule has 3 atom stereocenters. The summed E-state index contributed by atoms with van der Waals surface area (Å²) in [7, 11) is 0. The maximum Gasteiger partial charge on any atom is 0.237 e. The maximum absolute atomic E-state index is 10.7. The van der Waals surface area contributed by atoms with E-state index in [2.05, 4.69) is 15.5 Å². The van der Waals surface area contributed by atoms with Crippen LogP contribution in [0.3, 0.4) is 0 Å². The molecular formula is C19H32N6O2. The molecule has 1 saturated carbocycles. The molecule has 0 bridgehead atoms. The summed E-state index contributed by atoms with van der Waals surface area (Å²) in [5.41, 5.74) is 0.468. The molecule has 0 spiro atoms. The number of aliphatic hydroxyl groups excluding tert-OH is 1. The van der Waals surface area contributed by atoms with Crippen LogP contribution in [0.2, 0.25) is 0 Å². The van der Waals surface area contributed by atoms with Gasteiger partial charge in [-0.05, 0) is 33.1 Å². The lowest BCUT2D eigenvalue weighted by Gasteiger charge is -2.40. The summed E-state index contributed by atoms with van der Waals surface area (Å²) < 4.78 is 5.29. The van der Waals surface area contributed by atoms with Gasteiger partial charge in [-0.2, -0.15) is 4.98 Å². The van der Waals surface area contributed by atoms with Crippen LogP contribution in [0.5, 0.6) is 0 Å². The molecule has 3 rings (SSSR count). The molecule has 1 aromatic heterocycles. The molecule has 150 valence electrons. The van der Waals surface area contributed by atoms with Crippen molar-refractivity contribution in [3.63, 3.8) is 0 Å². The highest BCUT2D eigenvalue weighted by Gasteiger charge is 2.34. The summed E-state index contributed by atoms with van der Waals surface area (Å²) in [5.74, 6) is 0.820. The maximum atomic E-state index is 10.7. The second kappa shape index (κ2) is 8.93. The van der Waals surface area contributed by atoms with E-state index in [4.69, 9.17) is 15.3 Å². The minimum Gasteiger partial charge on any atom is -0.390 e. The fourth-order valence-electron chi connectivity index (χ4n) is 4.20. The number of hydrogen-bond donors (Lipinski definition) is 4. The van der Waals surface area contributed by atoms with Gasteiger partial charge in [0.25, 0.3) is 0 Å². The van der Waals surface area contributed by atoms with E-state index < -0.39 is 12.0 Å². The van der Waals surface area contributed by atoms with Crippen LogP contribution in [0.4, 0.5) is 0 Å². The number of rotatable bonds is 6. The second-order valence-corrected chi connectivity index (χ2v) is 8.01. The molecule has 4 N–H and O–H groups in total. The summed E-state index contributed by atoms with van der Waals surface area (Å²) in [4.78, 5) is 6.17. The van der Waals surface area contributed by atoms with E-state index in [1.807, 2.05) is 4.90 Å². The van der Waals surface area contributed by atoms with E-state index in [0.29, 0.717) is 48.8 Å². The van der Waals surface area contributed by atoms with Gasteiger partial charge < -0.3 is 25.3 Å². The first-order chi connectivity index (χ1) is 12.9. The van der Waals surface area contributed by atoms with Crippen LogP contribution in [0.25, 0.3) is 0 Å². The Kier molecular flexibility index (Phi) is 6.59. The van der Waals surface area contributed by atoms with Gasteiger partial charge in [0, 0.05) is 37.3 Å². The largest absolute Gasteiger partial charge is 0.390 e. The van der Waals surface area contributed by atoms with Gasteiger partial charge in [0.2, 0.25) is 5.89 Å². The van der Waals surface area contributed by atoms with Crippen molar-refractivity contribution >= 4 is 11.5 Å². The minimum atomic E-state index is -0.507. The zero-order chi connectivity index (χ0) is 19.4. The standard InChI is InChI=1S/C19H32N6O2/c1-12(20)10-15(19-22-13(2)24-27-19)18(21)25-9-8-16(17(26)11-25)23-14-6-4-3-5-7-14/h14-17,20-21,23,26H,3-11H2,1-2H3/t15?,16-,17-/m1/s1. The molecule has 1 aliphatic heterocycles. The van der Waals surface area contributed by atoms with E-state index in [0.717, 1.165) is 6.42 Å². The molecule has 2 fully saturated rings. The van der Waals surface area contributed by atoms with Gasteiger partial charge in [-0.15, -0.1) is 0 Å². The lowest BCUT2D eigenvalue weighted by molar-refractivity contribution is 0.0583. The SMILES string of the molecule is CC(=N)CC(C(=N)N1CC[C@@H](NC2CCCCC2)[C@H](O)C1)c1nc(C)no1. The molecule has 1 saturated heterocycles. The minimum absolute atomic E-state index is 0.0886. The number of aromatic nitrogens is 2. The van der Waals surface area contributed by atoms with Crippen molar-refractivity contribution in [1.82, 2.24) is 20.4 Å². The van der Waals surface area contributed by atoms with Crippen LogP contribution >= 0.6 is 0 Å². The summed E-state index contributed by atoms with van der Waals surface area (Å²) in [6.45, 7) is 4.60. The fourth-order valence-corrected chi connectivity index (χ4v) is 4.20. The van der Waals surface area contributed by atoms with E-state index in [1.165, 1.54) is 32.1 Å². The molecule has 1 aromatic rings. The third-order valence-electron chi connectivity index (χ3n) is 5.66. The van der Waals surface area contributed by atoms with Gasteiger partial charge >= 0.3 is 0 Å². The van der Waals surface area contributed by atoms with Crippen molar-refractivity contribution in [2.24, 2.45) is 0 Å². The van der Waals surface area contributed by atoms with Crippen molar-refractivity contribution in [3.05, 3.63) is 11.7 Å². The Morgan fingerprint density at radius 2 is 2.04 bits per heavy atom. The predicted molar refractivity (Wildman–Crippen MR) is 104 cm³/mol. The molecule has 8 heteroatoms. The van der Waals surface area contributed by atoms with Gasteiger partial charge in [-0.25, -0.2) is 0 Å². The Hall–Kier alpha value is -1.80. The normalized spacial score (nSPS) is 25.4. The molecule has 2 heterocycles. The number of amidine groups is 1. The lowest BCUT2D eigenvalue weighted by Crippen LogP contribution is -2.56. The number of aryl methyl sites for hydroxylation is 1. The summed E-state index contributed by atoms with van der Waals surface area (Å²) in [6.07, 6.45) is 6.92. The van der Waals surface area contributed by atoms with Gasteiger partial charge in [-0.1, -0.05) is 24.4 Å². The van der Waals surface area contributed by atoms with E-state index in [9.17, 15) is 5.11 Å². The second-order valence-electron chi connectivity index (χ2n) is 8.01.